The lowest BCUT2D eigenvalue weighted by molar-refractivity contribution is -0.116. The van der Waals surface area contributed by atoms with Gasteiger partial charge in [0.1, 0.15) is 11.5 Å². The van der Waals surface area contributed by atoms with Gasteiger partial charge in [-0.05, 0) is 48.0 Å². The van der Waals surface area contributed by atoms with E-state index in [1.54, 1.807) is 61.7 Å². The van der Waals surface area contributed by atoms with E-state index >= 15 is 0 Å². The van der Waals surface area contributed by atoms with Gasteiger partial charge in [0.15, 0.2) is 5.75 Å². The second kappa shape index (κ2) is 10.5. The van der Waals surface area contributed by atoms with Crippen molar-refractivity contribution in [1.82, 2.24) is 4.31 Å². The van der Waals surface area contributed by atoms with Crippen molar-refractivity contribution in [3.05, 3.63) is 83.4 Å². The van der Waals surface area contributed by atoms with Crippen LogP contribution in [0.15, 0.2) is 72.8 Å². The third-order valence-corrected chi connectivity index (χ3v) is 5.93. The van der Waals surface area contributed by atoms with Crippen LogP contribution in [-0.2, 0) is 21.4 Å². The lowest BCUT2D eigenvalue weighted by Crippen LogP contribution is -2.36. The van der Waals surface area contributed by atoms with Crippen molar-refractivity contribution in [3.63, 3.8) is 0 Å². The van der Waals surface area contributed by atoms with Gasteiger partial charge in [0, 0.05) is 11.6 Å². The summed E-state index contributed by atoms with van der Waals surface area (Å²) in [6.45, 7) is -0.278. The molecule has 32 heavy (non-hydrogen) atoms. The van der Waals surface area contributed by atoms with Crippen LogP contribution in [-0.4, -0.2) is 38.5 Å². The average Bonchev–Trinajstić information content (AvgIpc) is 2.76. The number of ether oxygens (including phenoxy) is 2. The van der Waals surface area contributed by atoms with E-state index in [0.717, 1.165) is 16.1 Å². The van der Waals surface area contributed by atoms with Crippen LogP contribution in [0.3, 0.4) is 0 Å². The van der Waals surface area contributed by atoms with Crippen molar-refractivity contribution in [1.29, 1.82) is 0 Å². The van der Waals surface area contributed by atoms with Gasteiger partial charge in [0.2, 0.25) is 15.9 Å². The molecular weight excluding hydrogens is 452 g/mol. The van der Waals surface area contributed by atoms with Crippen molar-refractivity contribution in [3.8, 4) is 17.2 Å². The highest BCUT2D eigenvalue weighted by Crippen LogP contribution is 2.32. The maximum absolute atomic E-state index is 12.7. The van der Waals surface area contributed by atoms with Gasteiger partial charge in [-0.15, -0.1) is 0 Å². The summed E-state index contributed by atoms with van der Waals surface area (Å²) in [6.07, 6.45) is 1.07. The number of hydrogen-bond acceptors (Lipinski definition) is 5. The molecule has 0 atom stereocenters. The molecule has 9 heteroatoms. The van der Waals surface area contributed by atoms with E-state index in [9.17, 15) is 13.2 Å². The Labute approximate surface area is 192 Å². The van der Waals surface area contributed by atoms with Crippen molar-refractivity contribution in [2.75, 3.05) is 25.2 Å². The van der Waals surface area contributed by atoms with Gasteiger partial charge in [-0.1, -0.05) is 41.9 Å². The van der Waals surface area contributed by atoms with E-state index in [0.29, 0.717) is 28.0 Å². The van der Waals surface area contributed by atoms with Crippen LogP contribution in [0.2, 0.25) is 5.02 Å². The minimum atomic E-state index is -3.62. The van der Waals surface area contributed by atoms with Crippen LogP contribution in [0.1, 0.15) is 5.56 Å². The third-order valence-electron chi connectivity index (χ3n) is 4.49. The van der Waals surface area contributed by atoms with Crippen LogP contribution in [0.4, 0.5) is 5.69 Å². The summed E-state index contributed by atoms with van der Waals surface area (Å²) in [5.74, 6) is 1.06. The van der Waals surface area contributed by atoms with Crippen LogP contribution < -0.4 is 14.8 Å². The first-order chi connectivity index (χ1) is 15.2. The number of benzene rings is 3. The fourth-order valence-corrected chi connectivity index (χ4v) is 3.79. The number of nitrogens with zero attached hydrogens (tertiary/aromatic N) is 1. The first kappa shape index (κ1) is 23.6. The molecule has 0 radical (unpaired) electrons. The Morgan fingerprint density at radius 2 is 1.66 bits per heavy atom. The Morgan fingerprint density at radius 3 is 2.28 bits per heavy atom. The number of anilines is 1. The number of sulfonamides is 1. The molecule has 0 heterocycles. The minimum Gasteiger partial charge on any atom is -0.497 e. The SMILES string of the molecule is COc1ccc(Oc2ccc(Cl)cc2NC(=O)CN(Cc2ccccc2)S(C)(=O)=O)cc1. The highest BCUT2D eigenvalue weighted by molar-refractivity contribution is 7.88. The van der Waals surface area contributed by atoms with Crippen LogP contribution in [0.25, 0.3) is 0 Å². The van der Waals surface area contributed by atoms with Gasteiger partial charge >= 0.3 is 0 Å². The fourth-order valence-electron chi connectivity index (χ4n) is 2.89. The van der Waals surface area contributed by atoms with Crippen molar-refractivity contribution in [2.24, 2.45) is 0 Å². The molecule has 168 valence electrons. The second-order valence-electron chi connectivity index (χ2n) is 6.98. The number of amides is 1. The van der Waals surface area contributed by atoms with Crippen molar-refractivity contribution in [2.45, 2.75) is 6.54 Å². The highest BCUT2D eigenvalue weighted by Gasteiger charge is 2.21. The summed E-state index contributed by atoms with van der Waals surface area (Å²) in [5.41, 5.74) is 1.10. The van der Waals surface area contributed by atoms with E-state index in [1.807, 2.05) is 18.2 Å². The Kier molecular flexibility index (Phi) is 7.74. The zero-order valence-corrected chi connectivity index (χ0v) is 19.2. The van der Waals surface area contributed by atoms with Gasteiger partial charge in [0.25, 0.3) is 0 Å². The lowest BCUT2D eigenvalue weighted by atomic mass is 10.2. The maximum atomic E-state index is 12.7. The molecule has 3 aromatic carbocycles. The van der Waals surface area contributed by atoms with Gasteiger partial charge in [-0.25, -0.2) is 8.42 Å². The van der Waals surface area contributed by atoms with Gasteiger partial charge < -0.3 is 14.8 Å². The quantitative estimate of drug-likeness (QED) is 0.492. The molecule has 0 saturated heterocycles. The predicted molar refractivity (Wildman–Crippen MR) is 125 cm³/mol. The number of halogens is 1. The van der Waals surface area contributed by atoms with Gasteiger partial charge in [-0.3, -0.25) is 4.79 Å². The summed E-state index contributed by atoms with van der Waals surface area (Å²) in [6, 6.07) is 20.8. The van der Waals surface area contributed by atoms with Crippen LogP contribution in [0, 0.1) is 0 Å². The van der Waals surface area contributed by atoms with E-state index in [4.69, 9.17) is 21.1 Å². The molecule has 0 aliphatic carbocycles. The van der Waals surface area contributed by atoms with E-state index < -0.39 is 15.9 Å². The molecular formula is C23H23ClN2O5S. The number of hydrogen-bond donors (Lipinski definition) is 1. The van der Waals surface area contributed by atoms with Crippen LogP contribution >= 0.6 is 11.6 Å². The van der Waals surface area contributed by atoms with Gasteiger partial charge in [0.05, 0.1) is 25.6 Å². The Bertz CT molecular complexity index is 1170. The second-order valence-corrected chi connectivity index (χ2v) is 9.40. The summed E-state index contributed by atoms with van der Waals surface area (Å²) < 4.78 is 36.6. The standard InChI is InChI=1S/C23H23ClN2O5S/c1-30-19-9-11-20(12-10-19)31-22-13-8-18(24)14-21(22)25-23(27)16-26(32(2,28)29)15-17-6-4-3-5-7-17/h3-14H,15-16H2,1-2H3,(H,25,27). The Morgan fingerprint density at radius 1 is 1.00 bits per heavy atom. The summed E-state index contributed by atoms with van der Waals surface area (Å²) >= 11 is 6.10. The molecule has 3 rings (SSSR count). The molecule has 0 spiro atoms. The zero-order chi connectivity index (χ0) is 23.1. The fraction of sp³-hybridized carbons (Fsp3) is 0.174. The van der Waals surface area contributed by atoms with Crippen molar-refractivity contribution >= 4 is 33.2 Å². The van der Waals surface area contributed by atoms with E-state index in [-0.39, 0.29) is 13.1 Å². The topological polar surface area (TPSA) is 84.9 Å². The summed E-state index contributed by atoms with van der Waals surface area (Å²) in [7, 11) is -2.05. The molecule has 0 aromatic heterocycles. The molecule has 7 nitrogen and oxygen atoms in total. The summed E-state index contributed by atoms with van der Waals surface area (Å²) in [4.78, 5) is 12.7. The largest absolute Gasteiger partial charge is 0.497 e. The molecule has 0 fully saturated rings. The third kappa shape index (κ3) is 6.71. The molecule has 0 aliphatic rings. The molecule has 0 bridgehead atoms. The number of nitrogens with one attached hydrogen (secondary N) is 1. The molecule has 1 N–H and O–H groups in total. The van der Waals surface area contributed by atoms with E-state index in [1.165, 1.54) is 0 Å². The first-order valence-electron chi connectivity index (χ1n) is 9.65. The highest BCUT2D eigenvalue weighted by atomic mass is 35.5. The summed E-state index contributed by atoms with van der Waals surface area (Å²) in [5, 5.41) is 3.10. The zero-order valence-electron chi connectivity index (χ0n) is 17.6. The monoisotopic (exact) mass is 474 g/mol. The normalized spacial score (nSPS) is 11.2. The minimum absolute atomic E-state index is 0.0812. The molecule has 0 aliphatic heterocycles. The van der Waals surface area contributed by atoms with Crippen LogP contribution in [0.5, 0.6) is 17.2 Å². The number of carbonyl (C=O) groups excluding carboxylic acids is 1. The lowest BCUT2D eigenvalue weighted by Gasteiger charge is -2.20. The molecule has 0 saturated carbocycles. The maximum Gasteiger partial charge on any atom is 0.239 e. The first-order valence-corrected chi connectivity index (χ1v) is 11.9. The number of rotatable bonds is 9. The van der Waals surface area contributed by atoms with E-state index in [2.05, 4.69) is 5.32 Å². The molecule has 3 aromatic rings. The average molecular weight is 475 g/mol. The molecule has 1 amide bonds. The molecule has 0 unspecified atom stereocenters. The number of methoxy groups -OCH3 is 1. The Balaban J connectivity index is 1.76. The van der Waals surface area contributed by atoms with Crippen molar-refractivity contribution < 1.29 is 22.7 Å². The van der Waals surface area contributed by atoms with Gasteiger partial charge in [-0.2, -0.15) is 4.31 Å². The smallest absolute Gasteiger partial charge is 0.239 e. The number of carbonyl (C=O) groups is 1. The predicted octanol–water partition coefficient (Wildman–Crippen LogP) is 4.54. The Hall–Kier alpha value is -3.07.